The molecule has 0 saturated carbocycles. The van der Waals surface area contributed by atoms with Gasteiger partial charge in [0.2, 0.25) is 18.1 Å². The van der Waals surface area contributed by atoms with Crippen molar-refractivity contribution in [3.63, 3.8) is 0 Å². The monoisotopic (exact) mass is 638 g/mol. The second-order valence-electron chi connectivity index (χ2n) is 11.0. The smallest absolute Gasteiger partial charge is 0.479 e. The standard InChI is InChI=1S/C27H39N6O10P/c1-15(2)23(42-26(35)40-16(3)4)43-44(37,30-12-17-10-8-7-9-11-17)39-13-18-20(34)27(5,36)24(41-18)33-14-29-19-21(33)31-25(28)32-22(19)38-6/h7-11,14-16,18,20,23-24,34,36H,12-13H2,1-6H3,(H,30,37)(H2,28,31,32)/t18-,20-,23?,24-,27-,44?/m1/s1. The SMILES string of the molecule is COc1nc(N)nc2c1ncn2[C@@H]1O[C@H](COP(=O)(NCc2ccccc2)OC(OC(=O)OC(C)C)C(C)C)[C@@H](O)[C@@]1(C)O. The van der Waals surface area contributed by atoms with Crippen LogP contribution in [0.4, 0.5) is 10.7 Å². The number of nitrogens with two attached hydrogens (primary N) is 1. The minimum atomic E-state index is -4.27. The highest BCUT2D eigenvalue weighted by atomic mass is 31.2. The number of benzene rings is 1. The van der Waals surface area contributed by atoms with E-state index >= 15 is 0 Å². The summed E-state index contributed by atoms with van der Waals surface area (Å²) in [5, 5.41) is 25.2. The number of carbonyl (C=O) groups is 1. The molecule has 242 valence electrons. The van der Waals surface area contributed by atoms with Crippen molar-refractivity contribution in [1.29, 1.82) is 0 Å². The highest BCUT2D eigenvalue weighted by Gasteiger charge is 2.54. The van der Waals surface area contributed by atoms with Crippen molar-refractivity contribution in [3.8, 4) is 5.88 Å². The maximum Gasteiger partial charge on any atom is 0.510 e. The maximum absolute atomic E-state index is 14.1. The van der Waals surface area contributed by atoms with Gasteiger partial charge in [-0.15, -0.1) is 0 Å². The van der Waals surface area contributed by atoms with Gasteiger partial charge in [0, 0.05) is 12.5 Å². The molecule has 2 unspecified atom stereocenters. The van der Waals surface area contributed by atoms with Crippen molar-refractivity contribution in [2.45, 2.75) is 77.6 Å². The number of aliphatic hydroxyl groups is 2. The molecule has 16 nitrogen and oxygen atoms in total. The van der Waals surface area contributed by atoms with E-state index in [4.69, 9.17) is 33.7 Å². The zero-order chi connectivity index (χ0) is 32.2. The topological polar surface area (TPSA) is 212 Å². The summed E-state index contributed by atoms with van der Waals surface area (Å²) in [5.74, 6) is -0.438. The highest BCUT2D eigenvalue weighted by Crippen LogP contribution is 2.48. The molecule has 6 atom stereocenters. The third-order valence-corrected chi connectivity index (χ3v) is 8.19. The molecule has 1 saturated heterocycles. The van der Waals surface area contributed by atoms with Crippen LogP contribution in [0.1, 0.15) is 46.4 Å². The number of nitrogens with zero attached hydrogens (tertiary/aromatic N) is 4. The minimum absolute atomic E-state index is 0.0672. The number of anilines is 1. The van der Waals surface area contributed by atoms with E-state index < -0.39 is 62.9 Å². The van der Waals surface area contributed by atoms with Crippen molar-refractivity contribution in [2.75, 3.05) is 19.5 Å². The van der Waals surface area contributed by atoms with E-state index in [0.717, 1.165) is 5.56 Å². The summed E-state index contributed by atoms with van der Waals surface area (Å²) >= 11 is 0. The van der Waals surface area contributed by atoms with Crippen LogP contribution in [0.5, 0.6) is 5.88 Å². The normalized spacial score (nSPS) is 24.0. The Bertz CT molecular complexity index is 1470. The Morgan fingerprint density at radius 2 is 1.91 bits per heavy atom. The van der Waals surface area contributed by atoms with Crippen LogP contribution in [0.3, 0.4) is 0 Å². The molecule has 0 radical (unpaired) electrons. The van der Waals surface area contributed by atoms with Gasteiger partial charge in [0.15, 0.2) is 17.4 Å². The van der Waals surface area contributed by atoms with Gasteiger partial charge in [-0.25, -0.2) is 19.4 Å². The minimum Gasteiger partial charge on any atom is -0.479 e. The van der Waals surface area contributed by atoms with Crippen LogP contribution in [0, 0.1) is 5.92 Å². The van der Waals surface area contributed by atoms with E-state index in [9.17, 15) is 19.6 Å². The van der Waals surface area contributed by atoms with Gasteiger partial charge in [0.05, 0.1) is 26.1 Å². The summed E-state index contributed by atoms with van der Waals surface area (Å²) in [6, 6.07) is 9.06. The molecule has 1 aliphatic heterocycles. The molecule has 0 spiro atoms. The molecule has 0 bridgehead atoms. The summed E-state index contributed by atoms with van der Waals surface area (Å²) in [7, 11) is -2.87. The Labute approximate surface area is 254 Å². The van der Waals surface area contributed by atoms with Crippen molar-refractivity contribution in [2.24, 2.45) is 5.92 Å². The summed E-state index contributed by atoms with van der Waals surface area (Å²) in [6.07, 6.45) is -5.38. The number of fused-ring (bicyclic) bond motifs is 1. The predicted octanol–water partition coefficient (Wildman–Crippen LogP) is 2.90. The molecule has 0 amide bonds. The molecular weight excluding hydrogens is 599 g/mol. The molecule has 3 heterocycles. The highest BCUT2D eigenvalue weighted by molar-refractivity contribution is 7.51. The van der Waals surface area contributed by atoms with Gasteiger partial charge in [-0.2, -0.15) is 9.97 Å². The summed E-state index contributed by atoms with van der Waals surface area (Å²) in [6.45, 7) is 7.63. The van der Waals surface area contributed by atoms with Crippen LogP contribution in [-0.4, -0.2) is 79.8 Å². The zero-order valence-corrected chi connectivity index (χ0v) is 26.2. The Hall–Kier alpha value is -3.37. The van der Waals surface area contributed by atoms with Crippen LogP contribution in [0.15, 0.2) is 36.7 Å². The fourth-order valence-electron chi connectivity index (χ4n) is 4.40. The van der Waals surface area contributed by atoms with Crippen LogP contribution < -0.4 is 15.6 Å². The number of rotatable bonds is 13. The number of hydrogen-bond acceptors (Lipinski definition) is 14. The van der Waals surface area contributed by atoms with Crippen molar-refractivity contribution >= 4 is 31.0 Å². The number of nitrogen functional groups attached to an aromatic ring is 1. The molecule has 5 N–H and O–H groups in total. The van der Waals surface area contributed by atoms with E-state index in [0.29, 0.717) is 0 Å². The van der Waals surface area contributed by atoms with Crippen molar-refractivity contribution in [1.82, 2.24) is 24.6 Å². The first-order valence-electron chi connectivity index (χ1n) is 13.9. The lowest BCUT2D eigenvalue weighted by Crippen LogP contribution is -2.44. The van der Waals surface area contributed by atoms with Crippen molar-refractivity contribution < 1.29 is 47.6 Å². The number of aromatic nitrogens is 4. The van der Waals surface area contributed by atoms with Gasteiger partial charge in [-0.3, -0.25) is 13.6 Å². The third-order valence-electron chi connectivity index (χ3n) is 6.67. The first-order chi connectivity index (χ1) is 20.7. The quantitative estimate of drug-likeness (QED) is 0.120. The van der Waals surface area contributed by atoms with Crippen LogP contribution >= 0.6 is 7.75 Å². The van der Waals surface area contributed by atoms with Gasteiger partial charge >= 0.3 is 13.9 Å². The van der Waals surface area contributed by atoms with Crippen LogP contribution in [0.25, 0.3) is 11.2 Å². The molecular formula is C27H39N6O10P. The largest absolute Gasteiger partial charge is 0.510 e. The average molecular weight is 639 g/mol. The molecule has 44 heavy (non-hydrogen) atoms. The third kappa shape index (κ3) is 7.64. The lowest BCUT2D eigenvalue weighted by atomic mass is 9.96. The van der Waals surface area contributed by atoms with E-state index in [-0.39, 0.29) is 29.5 Å². The average Bonchev–Trinajstić information content (AvgIpc) is 3.47. The molecule has 1 aromatic carbocycles. The molecule has 4 rings (SSSR count). The Morgan fingerprint density at radius 1 is 1.20 bits per heavy atom. The Balaban J connectivity index is 1.55. The predicted molar refractivity (Wildman–Crippen MR) is 156 cm³/mol. The fourth-order valence-corrected chi connectivity index (χ4v) is 5.90. The number of hydrogen-bond donors (Lipinski definition) is 4. The molecule has 0 aliphatic carbocycles. The lowest BCUT2D eigenvalue weighted by Gasteiger charge is -2.28. The van der Waals surface area contributed by atoms with Gasteiger partial charge in [0.25, 0.3) is 0 Å². The van der Waals surface area contributed by atoms with Crippen LogP contribution in [0.2, 0.25) is 0 Å². The van der Waals surface area contributed by atoms with E-state index in [1.165, 1.54) is 24.9 Å². The Kier molecular flexibility index (Phi) is 10.5. The number of carbonyl (C=O) groups excluding carboxylic acids is 1. The van der Waals surface area contributed by atoms with E-state index in [1.54, 1.807) is 39.8 Å². The van der Waals surface area contributed by atoms with Crippen molar-refractivity contribution in [3.05, 3.63) is 42.2 Å². The fraction of sp³-hybridized carbons (Fsp3) is 0.556. The number of ether oxygens (including phenoxy) is 4. The lowest BCUT2D eigenvalue weighted by molar-refractivity contribution is -0.104. The maximum atomic E-state index is 14.1. The molecule has 2 aromatic heterocycles. The number of aliphatic hydroxyl groups excluding tert-OH is 1. The number of nitrogens with one attached hydrogen (secondary N) is 1. The second-order valence-corrected chi connectivity index (χ2v) is 12.8. The first kappa shape index (κ1) is 33.5. The van der Waals surface area contributed by atoms with Gasteiger partial charge in [-0.1, -0.05) is 44.2 Å². The summed E-state index contributed by atoms with van der Waals surface area (Å²) < 4.78 is 48.6. The van der Waals surface area contributed by atoms with Gasteiger partial charge in [0.1, 0.15) is 17.8 Å². The molecule has 17 heteroatoms. The molecule has 3 aromatic rings. The van der Waals surface area contributed by atoms with Crippen LogP contribution in [-0.2, 0) is 34.4 Å². The van der Waals surface area contributed by atoms with Gasteiger partial charge < -0.3 is 34.9 Å². The van der Waals surface area contributed by atoms with E-state index in [2.05, 4.69) is 20.0 Å². The van der Waals surface area contributed by atoms with E-state index in [1.807, 2.05) is 18.2 Å². The summed E-state index contributed by atoms with van der Waals surface area (Å²) in [4.78, 5) is 24.7. The number of imidazole rings is 1. The molecule has 1 fully saturated rings. The van der Waals surface area contributed by atoms with Gasteiger partial charge in [-0.05, 0) is 26.3 Å². The second kappa shape index (κ2) is 13.7. The number of methoxy groups -OCH3 is 1. The molecule has 1 aliphatic rings. The zero-order valence-electron chi connectivity index (χ0n) is 25.3. The summed E-state index contributed by atoms with van der Waals surface area (Å²) in [5.41, 5.74) is 5.15. The first-order valence-corrected chi connectivity index (χ1v) is 15.5. The Morgan fingerprint density at radius 3 is 2.55 bits per heavy atom.